The van der Waals surface area contributed by atoms with Crippen LogP contribution in [0.4, 0.5) is 0 Å². The lowest BCUT2D eigenvalue weighted by molar-refractivity contribution is 0.668. The number of rotatable bonds is 4. The summed E-state index contributed by atoms with van der Waals surface area (Å²) in [6.07, 6.45) is 0. The molecule has 0 saturated carbocycles. The van der Waals surface area contributed by atoms with Crippen molar-refractivity contribution >= 4 is 87.4 Å². The molecule has 4 aromatic heterocycles. The quantitative estimate of drug-likeness (QED) is 0.178. The summed E-state index contributed by atoms with van der Waals surface area (Å²) >= 11 is 0. The molecule has 0 unspecified atom stereocenters. The van der Waals surface area contributed by atoms with Crippen LogP contribution >= 0.6 is 0 Å². The minimum Gasteiger partial charge on any atom is -0.456 e. The highest BCUT2D eigenvalue weighted by Gasteiger charge is 2.22. The summed E-state index contributed by atoms with van der Waals surface area (Å²) in [6.45, 7) is 0. The first kappa shape index (κ1) is 32.0. The highest BCUT2D eigenvalue weighted by molar-refractivity contribution is 6.20. The Bertz CT molecular complexity index is 3870. The first-order valence-corrected chi connectivity index (χ1v) is 19.7. The van der Waals surface area contributed by atoms with Crippen LogP contribution < -0.4 is 0 Å². The molecule has 13 aromatic rings. The number of fused-ring (bicyclic) bond motifs is 12. The Balaban J connectivity index is 1.07. The number of aromatic nitrogens is 3. The molecule has 274 valence electrons. The fourth-order valence-electron chi connectivity index (χ4n) is 9.01. The highest BCUT2D eigenvalue weighted by atomic mass is 16.3. The molecule has 59 heavy (non-hydrogen) atoms. The molecule has 13 rings (SSSR count). The van der Waals surface area contributed by atoms with E-state index in [1.165, 1.54) is 10.8 Å². The van der Waals surface area contributed by atoms with Gasteiger partial charge in [-0.05, 0) is 69.6 Å². The standard InChI is InChI=1S/C53H29N3O3/c1-2-11-32-28-33(24-22-30(32)10-1)35-14-7-15-38-49-40(17-9-21-45(49)59-50(35)38)53-55-51(54-52(56-53)39-16-8-20-44-47(39)36-12-3-5-18-42(36)57-44)34-25-23-31-26-27-46-48(41(31)29-34)37-13-4-6-19-43(37)58-46/h1-29H. The third kappa shape index (κ3) is 4.84. The Kier molecular flexibility index (Phi) is 6.63. The van der Waals surface area contributed by atoms with Gasteiger partial charge in [-0.3, -0.25) is 0 Å². The minimum atomic E-state index is 0.547. The summed E-state index contributed by atoms with van der Waals surface area (Å²) in [6, 6.07) is 60.4. The lowest BCUT2D eigenvalue weighted by Crippen LogP contribution is -2.00. The van der Waals surface area contributed by atoms with Crippen LogP contribution in [-0.2, 0) is 0 Å². The molecule has 0 aliphatic heterocycles. The lowest BCUT2D eigenvalue weighted by Gasteiger charge is -2.11. The van der Waals surface area contributed by atoms with Crippen molar-refractivity contribution in [2.45, 2.75) is 0 Å². The maximum atomic E-state index is 6.76. The summed E-state index contributed by atoms with van der Waals surface area (Å²) in [5, 5.41) is 10.6. The van der Waals surface area contributed by atoms with Crippen molar-refractivity contribution in [1.82, 2.24) is 15.0 Å². The molecule has 9 aromatic carbocycles. The zero-order valence-electron chi connectivity index (χ0n) is 31.3. The molecule has 0 radical (unpaired) electrons. The second-order valence-corrected chi connectivity index (χ2v) is 15.1. The largest absolute Gasteiger partial charge is 0.456 e. The van der Waals surface area contributed by atoms with Crippen molar-refractivity contribution in [3.8, 4) is 45.3 Å². The van der Waals surface area contributed by atoms with Gasteiger partial charge in [-0.2, -0.15) is 0 Å². The maximum absolute atomic E-state index is 6.76. The van der Waals surface area contributed by atoms with E-state index in [0.717, 1.165) is 104 Å². The third-order valence-corrected chi connectivity index (χ3v) is 11.7. The van der Waals surface area contributed by atoms with Crippen LogP contribution in [0.15, 0.2) is 189 Å². The van der Waals surface area contributed by atoms with Crippen LogP contribution in [0.2, 0.25) is 0 Å². The topological polar surface area (TPSA) is 78.1 Å². The number of hydrogen-bond donors (Lipinski definition) is 0. The van der Waals surface area contributed by atoms with Crippen molar-refractivity contribution in [2.75, 3.05) is 0 Å². The molecule has 0 amide bonds. The van der Waals surface area contributed by atoms with Gasteiger partial charge >= 0.3 is 0 Å². The summed E-state index contributed by atoms with van der Waals surface area (Å²) < 4.78 is 19.4. The molecule has 0 bridgehead atoms. The van der Waals surface area contributed by atoms with E-state index >= 15 is 0 Å². The van der Waals surface area contributed by atoms with Gasteiger partial charge < -0.3 is 13.3 Å². The van der Waals surface area contributed by atoms with Crippen molar-refractivity contribution in [2.24, 2.45) is 0 Å². The lowest BCUT2D eigenvalue weighted by atomic mass is 9.98. The first-order valence-electron chi connectivity index (χ1n) is 19.7. The van der Waals surface area contributed by atoms with E-state index in [0.29, 0.717) is 17.5 Å². The van der Waals surface area contributed by atoms with Crippen molar-refractivity contribution in [3.63, 3.8) is 0 Å². The zero-order valence-corrected chi connectivity index (χ0v) is 31.3. The van der Waals surface area contributed by atoms with Crippen molar-refractivity contribution in [1.29, 1.82) is 0 Å². The van der Waals surface area contributed by atoms with Gasteiger partial charge in [0.25, 0.3) is 0 Å². The molecule has 4 heterocycles. The fourth-order valence-corrected chi connectivity index (χ4v) is 9.01. The van der Waals surface area contributed by atoms with Gasteiger partial charge in [-0.1, -0.05) is 133 Å². The number of benzene rings is 9. The summed E-state index contributed by atoms with van der Waals surface area (Å²) in [5.74, 6) is 1.66. The Morgan fingerprint density at radius 3 is 1.59 bits per heavy atom. The van der Waals surface area contributed by atoms with Crippen molar-refractivity contribution < 1.29 is 13.3 Å². The van der Waals surface area contributed by atoms with E-state index in [1.54, 1.807) is 0 Å². The highest BCUT2D eigenvalue weighted by Crippen LogP contribution is 2.43. The van der Waals surface area contributed by atoms with E-state index in [2.05, 4.69) is 115 Å². The van der Waals surface area contributed by atoms with Crippen LogP contribution in [-0.4, -0.2) is 15.0 Å². The van der Waals surface area contributed by atoms with E-state index < -0.39 is 0 Å². The monoisotopic (exact) mass is 755 g/mol. The average Bonchev–Trinajstić information content (AvgIpc) is 4.00. The molecule has 0 fully saturated rings. The molecule has 0 saturated heterocycles. The number of furan rings is 3. The Morgan fingerprint density at radius 1 is 0.288 bits per heavy atom. The molecule has 0 aliphatic rings. The van der Waals surface area contributed by atoms with E-state index in [9.17, 15) is 0 Å². The number of hydrogen-bond acceptors (Lipinski definition) is 6. The van der Waals surface area contributed by atoms with Crippen LogP contribution in [0.5, 0.6) is 0 Å². The number of nitrogens with zero attached hydrogens (tertiary/aromatic N) is 3. The van der Waals surface area contributed by atoms with Gasteiger partial charge in [0.15, 0.2) is 17.5 Å². The summed E-state index contributed by atoms with van der Waals surface area (Å²) in [5.41, 5.74) is 9.58. The van der Waals surface area contributed by atoms with Gasteiger partial charge in [-0.25, -0.2) is 15.0 Å². The Morgan fingerprint density at radius 2 is 0.814 bits per heavy atom. The molecular formula is C53H29N3O3. The van der Waals surface area contributed by atoms with E-state index in [1.807, 2.05) is 60.7 Å². The molecular weight excluding hydrogens is 727 g/mol. The molecule has 6 nitrogen and oxygen atoms in total. The van der Waals surface area contributed by atoms with Crippen molar-refractivity contribution in [3.05, 3.63) is 176 Å². The SMILES string of the molecule is c1ccc2cc(-c3cccc4c3oc3cccc(-c5nc(-c6ccc7ccc8oc9ccccc9c8c7c6)nc(-c6cccc7oc8ccccc8c67)n5)c34)ccc2c1. The molecule has 0 aliphatic carbocycles. The van der Waals surface area contributed by atoms with Crippen LogP contribution in [0, 0.1) is 0 Å². The van der Waals surface area contributed by atoms with Crippen LogP contribution in [0.3, 0.4) is 0 Å². The van der Waals surface area contributed by atoms with Gasteiger partial charge in [-0.15, -0.1) is 0 Å². The molecule has 0 N–H and O–H groups in total. The molecule has 0 atom stereocenters. The second-order valence-electron chi connectivity index (χ2n) is 15.1. The average molecular weight is 756 g/mol. The van der Waals surface area contributed by atoms with E-state index in [-0.39, 0.29) is 0 Å². The second kappa shape index (κ2) is 12.2. The van der Waals surface area contributed by atoms with Gasteiger partial charge in [0, 0.05) is 54.6 Å². The maximum Gasteiger partial charge on any atom is 0.164 e. The smallest absolute Gasteiger partial charge is 0.164 e. The first-order chi connectivity index (χ1) is 29.2. The minimum absolute atomic E-state index is 0.547. The van der Waals surface area contributed by atoms with E-state index in [4.69, 9.17) is 28.2 Å². The molecule has 0 spiro atoms. The number of para-hydroxylation sites is 3. The molecule has 6 heteroatoms. The third-order valence-electron chi connectivity index (χ3n) is 11.7. The predicted octanol–water partition coefficient (Wildman–Crippen LogP) is 14.5. The fraction of sp³-hybridized carbons (Fsp3) is 0. The predicted molar refractivity (Wildman–Crippen MR) is 238 cm³/mol. The van der Waals surface area contributed by atoms with Crippen LogP contribution in [0.25, 0.3) is 133 Å². The Labute approximate surface area is 335 Å². The van der Waals surface area contributed by atoms with Gasteiger partial charge in [0.05, 0.1) is 0 Å². The van der Waals surface area contributed by atoms with Gasteiger partial charge in [0.2, 0.25) is 0 Å². The summed E-state index contributed by atoms with van der Waals surface area (Å²) in [7, 11) is 0. The summed E-state index contributed by atoms with van der Waals surface area (Å²) in [4.78, 5) is 15.9. The van der Waals surface area contributed by atoms with Crippen LogP contribution in [0.1, 0.15) is 0 Å². The Hall–Kier alpha value is -8.09. The zero-order chi connectivity index (χ0) is 38.6. The normalized spacial score (nSPS) is 12.1. The van der Waals surface area contributed by atoms with Gasteiger partial charge in [0.1, 0.15) is 33.5 Å².